The molecule has 1 unspecified atom stereocenters. The molecule has 0 saturated heterocycles. The lowest BCUT2D eigenvalue weighted by Gasteiger charge is -2.16. The first kappa shape index (κ1) is 17.1. The predicted molar refractivity (Wildman–Crippen MR) is 101 cm³/mol. The van der Waals surface area contributed by atoms with E-state index in [1.54, 1.807) is 13.1 Å². The van der Waals surface area contributed by atoms with Crippen molar-refractivity contribution in [3.05, 3.63) is 34.6 Å². The number of para-hydroxylation sites is 1. The largest absolute Gasteiger partial charge is 0.352 e. The predicted octanol–water partition coefficient (Wildman–Crippen LogP) is 2.12. The Kier molecular flexibility index (Phi) is 4.44. The minimum Gasteiger partial charge on any atom is -0.352 e. The van der Waals surface area contributed by atoms with Gasteiger partial charge in [-0.15, -0.1) is 10.2 Å². The van der Waals surface area contributed by atoms with Crippen LogP contribution in [0.1, 0.15) is 32.6 Å². The van der Waals surface area contributed by atoms with E-state index in [2.05, 4.69) is 15.5 Å². The van der Waals surface area contributed by atoms with Crippen molar-refractivity contribution in [2.24, 2.45) is 7.05 Å². The summed E-state index contributed by atoms with van der Waals surface area (Å²) >= 11 is 1.36. The summed E-state index contributed by atoms with van der Waals surface area (Å²) < 4.78 is 3.34. The van der Waals surface area contributed by atoms with Crippen molar-refractivity contribution < 1.29 is 4.79 Å². The van der Waals surface area contributed by atoms with Crippen LogP contribution in [0.5, 0.6) is 0 Å². The SMILES string of the molecule is CC(Sc1nnc2n(C)c(=O)c3ccccc3n12)C(=O)NC1CCCC1. The standard InChI is InChI=1S/C18H21N5O2S/c1-11(15(24)19-12-7-3-4-8-12)26-18-21-20-17-22(2)16(25)13-9-5-6-10-14(13)23(17)18/h5-6,9-12H,3-4,7-8H2,1-2H3,(H,19,24). The van der Waals surface area contributed by atoms with E-state index in [9.17, 15) is 9.59 Å². The first-order chi connectivity index (χ1) is 12.6. The molecule has 8 heteroatoms. The Morgan fingerprint density at radius 1 is 1.27 bits per heavy atom. The molecule has 3 aromatic rings. The van der Waals surface area contributed by atoms with Gasteiger partial charge in [0.05, 0.1) is 16.2 Å². The number of hydrogen-bond donors (Lipinski definition) is 1. The number of aryl methyl sites for hydroxylation is 1. The molecular formula is C18H21N5O2S. The highest BCUT2D eigenvalue weighted by molar-refractivity contribution is 8.00. The van der Waals surface area contributed by atoms with Gasteiger partial charge in [0.2, 0.25) is 11.7 Å². The van der Waals surface area contributed by atoms with Crippen molar-refractivity contribution in [2.45, 2.75) is 49.1 Å². The van der Waals surface area contributed by atoms with Gasteiger partial charge in [-0.1, -0.05) is 36.7 Å². The molecule has 0 radical (unpaired) electrons. The monoisotopic (exact) mass is 371 g/mol. The first-order valence-corrected chi connectivity index (χ1v) is 9.74. The summed E-state index contributed by atoms with van der Waals surface area (Å²) in [5.41, 5.74) is 0.644. The number of amides is 1. The summed E-state index contributed by atoms with van der Waals surface area (Å²) in [4.78, 5) is 25.0. The third kappa shape index (κ3) is 2.88. The van der Waals surface area contributed by atoms with Crippen LogP contribution in [0.25, 0.3) is 16.7 Å². The number of carbonyl (C=O) groups is 1. The second-order valence-electron chi connectivity index (χ2n) is 6.75. The topological polar surface area (TPSA) is 81.3 Å². The van der Waals surface area contributed by atoms with E-state index in [0.29, 0.717) is 22.4 Å². The Bertz CT molecular complexity index is 1040. The van der Waals surface area contributed by atoms with Gasteiger partial charge in [0.15, 0.2) is 5.16 Å². The maximum Gasteiger partial charge on any atom is 0.262 e. The normalized spacial score (nSPS) is 16.4. The van der Waals surface area contributed by atoms with E-state index in [-0.39, 0.29) is 16.7 Å². The van der Waals surface area contributed by atoms with E-state index in [0.717, 1.165) is 18.4 Å². The van der Waals surface area contributed by atoms with E-state index in [1.807, 2.05) is 29.5 Å². The van der Waals surface area contributed by atoms with E-state index >= 15 is 0 Å². The van der Waals surface area contributed by atoms with Gasteiger partial charge in [-0.2, -0.15) is 0 Å². The number of hydrogen-bond acceptors (Lipinski definition) is 5. The Morgan fingerprint density at radius 3 is 2.77 bits per heavy atom. The summed E-state index contributed by atoms with van der Waals surface area (Å²) in [5.74, 6) is 0.493. The van der Waals surface area contributed by atoms with Crippen LogP contribution in [-0.4, -0.2) is 36.4 Å². The van der Waals surface area contributed by atoms with Crippen molar-refractivity contribution in [1.82, 2.24) is 24.5 Å². The molecule has 1 atom stereocenters. The van der Waals surface area contributed by atoms with E-state index in [1.165, 1.54) is 29.2 Å². The molecule has 0 aliphatic heterocycles. The summed E-state index contributed by atoms with van der Waals surface area (Å²) in [5, 5.41) is 12.5. The van der Waals surface area contributed by atoms with Crippen LogP contribution in [0, 0.1) is 0 Å². The molecule has 7 nitrogen and oxygen atoms in total. The molecule has 1 aliphatic carbocycles. The van der Waals surface area contributed by atoms with Gasteiger partial charge in [-0.05, 0) is 31.9 Å². The van der Waals surface area contributed by atoms with Crippen LogP contribution in [0.15, 0.2) is 34.2 Å². The zero-order valence-corrected chi connectivity index (χ0v) is 15.6. The van der Waals surface area contributed by atoms with Gasteiger partial charge in [-0.3, -0.25) is 18.6 Å². The van der Waals surface area contributed by atoms with Crippen LogP contribution in [-0.2, 0) is 11.8 Å². The fourth-order valence-corrected chi connectivity index (χ4v) is 4.35. The quantitative estimate of drug-likeness (QED) is 0.711. The molecule has 1 aromatic carbocycles. The lowest BCUT2D eigenvalue weighted by atomic mass is 10.2. The molecule has 0 bridgehead atoms. The molecule has 2 aromatic heterocycles. The zero-order chi connectivity index (χ0) is 18.3. The molecular weight excluding hydrogens is 350 g/mol. The van der Waals surface area contributed by atoms with Crippen LogP contribution in [0.4, 0.5) is 0 Å². The molecule has 1 N–H and O–H groups in total. The molecule has 4 rings (SSSR count). The molecule has 136 valence electrons. The molecule has 2 heterocycles. The van der Waals surface area contributed by atoms with Crippen molar-refractivity contribution in [2.75, 3.05) is 0 Å². The Morgan fingerprint density at radius 2 is 2.00 bits per heavy atom. The Labute approximate surface area is 154 Å². The number of fused-ring (bicyclic) bond motifs is 3. The second kappa shape index (κ2) is 6.75. The van der Waals surface area contributed by atoms with Crippen LogP contribution >= 0.6 is 11.8 Å². The molecule has 1 saturated carbocycles. The lowest BCUT2D eigenvalue weighted by molar-refractivity contribution is -0.120. The molecule has 1 aliphatic rings. The van der Waals surface area contributed by atoms with Crippen molar-refractivity contribution >= 4 is 34.3 Å². The number of carbonyl (C=O) groups excluding carboxylic acids is 1. The Hall–Kier alpha value is -2.35. The number of nitrogens with zero attached hydrogens (tertiary/aromatic N) is 4. The minimum absolute atomic E-state index is 0.0211. The fourth-order valence-electron chi connectivity index (χ4n) is 3.49. The highest BCUT2D eigenvalue weighted by Crippen LogP contribution is 2.25. The molecule has 0 spiro atoms. The van der Waals surface area contributed by atoms with Crippen LogP contribution in [0.2, 0.25) is 0 Å². The molecule has 1 fully saturated rings. The van der Waals surface area contributed by atoms with E-state index in [4.69, 9.17) is 0 Å². The van der Waals surface area contributed by atoms with Crippen LogP contribution < -0.4 is 10.9 Å². The zero-order valence-electron chi connectivity index (χ0n) is 14.8. The fraction of sp³-hybridized carbons (Fsp3) is 0.444. The van der Waals surface area contributed by atoms with Gasteiger partial charge in [-0.25, -0.2) is 0 Å². The van der Waals surface area contributed by atoms with Crippen molar-refractivity contribution in [1.29, 1.82) is 0 Å². The number of benzene rings is 1. The van der Waals surface area contributed by atoms with Crippen molar-refractivity contribution in [3.8, 4) is 0 Å². The van der Waals surface area contributed by atoms with Crippen molar-refractivity contribution in [3.63, 3.8) is 0 Å². The molecule has 26 heavy (non-hydrogen) atoms. The van der Waals surface area contributed by atoms with Gasteiger partial charge in [0.25, 0.3) is 5.56 Å². The maximum atomic E-state index is 12.5. The molecule has 1 amide bonds. The number of nitrogens with one attached hydrogen (secondary N) is 1. The number of thioether (sulfide) groups is 1. The van der Waals surface area contributed by atoms with Crippen LogP contribution in [0.3, 0.4) is 0 Å². The van der Waals surface area contributed by atoms with Gasteiger partial charge in [0.1, 0.15) is 0 Å². The third-order valence-electron chi connectivity index (χ3n) is 4.95. The Balaban J connectivity index is 1.69. The summed E-state index contributed by atoms with van der Waals surface area (Å²) in [6.07, 6.45) is 4.48. The summed E-state index contributed by atoms with van der Waals surface area (Å²) in [7, 11) is 1.68. The number of rotatable bonds is 4. The minimum atomic E-state index is -0.293. The van der Waals surface area contributed by atoms with Gasteiger partial charge < -0.3 is 5.32 Å². The maximum absolute atomic E-state index is 12.5. The summed E-state index contributed by atoms with van der Waals surface area (Å²) in [6.45, 7) is 1.88. The van der Waals surface area contributed by atoms with Gasteiger partial charge >= 0.3 is 0 Å². The third-order valence-corrected chi connectivity index (χ3v) is 5.99. The average Bonchev–Trinajstić information content (AvgIpc) is 3.29. The van der Waals surface area contributed by atoms with E-state index < -0.39 is 0 Å². The second-order valence-corrected chi connectivity index (χ2v) is 8.06. The summed E-state index contributed by atoms with van der Waals surface area (Å²) in [6, 6.07) is 7.68. The smallest absolute Gasteiger partial charge is 0.262 e. The number of aromatic nitrogens is 4. The highest BCUT2D eigenvalue weighted by atomic mass is 32.2. The first-order valence-electron chi connectivity index (χ1n) is 8.86. The van der Waals surface area contributed by atoms with Gasteiger partial charge in [0, 0.05) is 13.1 Å². The highest BCUT2D eigenvalue weighted by Gasteiger charge is 2.24. The average molecular weight is 371 g/mol. The lowest BCUT2D eigenvalue weighted by Crippen LogP contribution is -2.37.